The number of likely N-dealkylation sites (N-methyl/N-ethyl adjacent to an activating group) is 1. The van der Waals surface area contributed by atoms with Gasteiger partial charge in [0.25, 0.3) is 0 Å². The third-order valence-electron chi connectivity index (χ3n) is 1.71. The number of hydrogen-bond acceptors (Lipinski definition) is 4. The molecule has 0 unspecified atom stereocenters. The summed E-state index contributed by atoms with van der Waals surface area (Å²) in [5.41, 5.74) is 0. The fourth-order valence-electron chi connectivity index (χ4n) is 1.26. The summed E-state index contributed by atoms with van der Waals surface area (Å²) in [5.74, 6) is -0.743. The van der Waals surface area contributed by atoms with Crippen molar-refractivity contribution in [1.82, 2.24) is 0 Å². The number of halogens is 1. The van der Waals surface area contributed by atoms with E-state index in [-0.39, 0.29) is 35.3 Å². The number of nitrogens with zero attached hydrogens (tertiary/aromatic N) is 1. The Morgan fingerprint density at radius 1 is 1.25 bits per heavy atom. The summed E-state index contributed by atoms with van der Waals surface area (Å²) in [7, 11) is 7.22. The second kappa shape index (κ2) is 7.62. The van der Waals surface area contributed by atoms with Crippen molar-refractivity contribution >= 4 is 11.9 Å². The summed E-state index contributed by atoms with van der Waals surface area (Å²) in [6.07, 6.45) is -0.319. The van der Waals surface area contributed by atoms with Gasteiger partial charge in [0, 0.05) is 6.92 Å². The highest BCUT2D eigenvalue weighted by Crippen LogP contribution is 2.06. The van der Waals surface area contributed by atoms with Gasteiger partial charge in [0.2, 0.25) is 0 Å². The lowest BCUT2D eigenvalue weighted by molar-refractivity contribution is -0.873. The second-order valence-electron chi connectivity index (χ2n) is 4.48. The molecular weight excluding hydrogens is 278 g/mol. The summed E-state index contributed by atoms with van der Waals surface area (Å²) in [6.45, 7) is 1.91. The lowest BCUT2D eigenvalue weighted by Crippen LogP contribution is -3.00. The maximum Gasteiger partial charge on any atom is 0.309 e. The molecule has 0 aliphatic heterocycles. The van der Waals surface area contributed by atoms with Crippen molar-refractivity contribution in [3.05, 3.63) is 0 Å². The number of ether oxygens (including phenoxy) is 2. The summed E-state index contributed by atoms with van der Waals surface area (Å²) in [5, 5.41) is 0. The van der Waals surface area contributed by atoms with Crippen LogP contribution in [0.5, 0.6) is 0 Å². The highest BCUT2D eigenvalue weighted by atomic mass is 79.9. The van der Waals surface area contributed by atoms with Crippen molar-refractivity contribution in [2.45, 2.75) is 19.4 Å². The quantitative estimate of drug-likeness (QED) is 0.406. The van der Waals surface area contributed by atoms with E-state index >= 15 is 0 Å². The van der Waals surface area contributed by atoms with Gasteiger partial charge in [-0.2, -0.15) is 0 Å². The Balaban J connectivity index is 0. The van der Waals surface area contributed by atoms with Gasteiger partial charge in [-0.1, -0.05) is 0 Å². The molecule has 6 heteroatoms. The van der Waals surface area contributed by atoms with E-state index in [4.69, 9.17) is 4.74 Å². The summed E-state index contributed by atoms with van der Waals surface area (Å²) >= 11 is 0. The molecule has 1 atom stereocenters. The Hall–Kier alpha value is -0.620. The van der Waals surface area contributed by atoms with E-state index in [1.54, 1.807) is 0 Å². The van der Waals surface area contributed by atoms with Crippen LogP contribution in [0.2, 0.25) is 0 Å². The Labute approximate surface area is 107 Å². The van der Waals surface area contributed by atoms with Crippen LogP contribution in [0, 0.1) is 0 Å². The molecule has 0 rings (SSSR count). The van der Waals surface area contributed by atoms with Crippen LogP contribution in [-0.4, -0.2) is 57.3 Å². The maximum atomic E-state index is 11.1. The zero-order valence-electron chi connectivity index (χ0n) is 10.4. The minimum Gasteiger partial charge on any atom is -1.00 e. The molecule has 0 saturated heterocycles. The second-order valence-corrected chi connectivity index (χ2v) is 4.48. The molecule has 0 radical (unpaired) electrons. The van der Waals surface area contributed by atoms with Crippen LogP contribution < -0.4 is 17.0 Å². The molecule has 96 valence electrons. The van der Waals surface area contributed by atoms with E-state index in [1.807, 2.05) is 21.1 Å². The summed E-state index contributed by atoms with van der Waals surface area (Å²) in [4.78, 5) is 21.9. The first-order valence-electron chi connectivity index (χ1n) is 4.79. The number of methoxy groups -OCH3 is 1. The van der Waals surface area contributed by atoms with Crippen molar-refractivity contribution in [2.24, 2.45) is 0 Å². The molecule has 0 aromatic heterocycles. The molecular formula is C10H20BrNO4. The Morgan fingerprint density at radius 3 is 2.06 bits per heavy atom. The maximum absolute atomic E-state index is 11.1. The minimum absolute atomic E-state index is 0. The molecule has 0 N–H and O–H groups in total. The van der Waals surface area contributed by atoms with Crippen LogP contribution in [-0.2, 0) is 19.1 Å². The number of esters is 2. The fraction of sp³-hybridized carbons (Fsp3) is 0.800. The SMILES string of the molecule is COC(=O)C[C@@H](C[N+](C)(C)C)OC(C)=O.[Br-]. The first-order chi connectivity index (χ1) is 6.74. The molecule has 5 nitrogen and oxygen atoms in total. The van der Waals surface area contributed by atoms with E-state index in [9.17, 15) is 9.59 Å². The zero-order valence-corrected chi connectivity index (χ0v) is 12.0. The molecule has 0 spiro atoms. The molecule has 0 aromatic carbocycles. The zero-order chi connectivity index (χ0) is 12.1. The van der Waals surface area contributed by atoms with Gasteiger partial charge >= 0.3 is 11.9 Å². The molecule has 0 aliphatic rings. The van der Waals surface area contributed by atoms with Crippen LogP contribution >= 0.6 is 0 Å². The van der Waals surface area contributed by atoms with Gasteiger partial charge in [-0.05, 0) is 0 Å². The van der Waals surface area contributed by atoms with Crippen molar-refractivity contribution in [1.29, 1.82) is 0 Å². The van der Waals surface area contributed by atoms with Gasteiger partial charge in [-0.15, -0.1) is 0 Å². The summed E-state index contributed by atoms with van der Waals surface area (Å²) in [6, 6.07) is 0. The van der Waals surface area contributed by atoms with Crippen molar-refractivity contribution in [3.8, 4) is 0 Å². The van der Waals surface area contributed by atoms with Crippen LogP contribution in [0.15, 0.2) is 0 Å². The lowest BCUT2D eigenvalue weighted by atomic mass is 10.2. The fourth-order valence-corrected chi connectivity index (χ4v) is 1.26. The van der Waals surface area contributed by atoms with Gasteiger partial charge in [0.15, 0.2) is 6.10 Å². The smallest absolute Gasteiger partial charge is 0.309 e. The number of quaternary nitrogens is 1. The van der Waals surface area contributed by atoms with E-state index < -0.39 is 6.10 Å². The molecule has 0 fully saturated rings. The van der Waals surface area contributed by atoms with Gasteiger partial charge in [-0.25, -0.2) is 0 Å². The average molecular weight is 298 g/mol. The van der Waals surface area contributed by atoms with Crippen LogP contribution in [0.3, 0.4) is 0 Å². The number of carbonyl (C=O) groups is 2. The first-order valence-corrected chi connectivity index (χ1v) is 4.79. The molecule has 16 heavy (non-hydrogen) atoms. The average Bonchev–Trinajstić information content (AvgIpc) is 1.99. The Bertz CT molecular complexity index is 237. The monoisotopic (exact) mass is 297 g/mol. The minimum atomic E-state index is -0.421. The predicted molar refractivity (Wildman–Crippen MR) is 55.1 cm³/mol. The van der Waals surface area contributed by atoms with Crippen LogP contribution in [0.25, 0.3) is 0 Å². The summed E-state index contributed by atoms with van der Waals surface area (Å²) < 4.78 is 10.2. The van der Waals surface area contributed by atoms with Crippen LogP contribution in [0.4, 0.5) is 0 Å². The third kappa shape index (κ3) is 9.92. The third-order valence-corrected chi connectivity index (χ3v) is 1.71. The number of rotatable bonds is 5. The Kier molecular flexibility index (Phi) is 8.46. The standard InChI is InChI=1S/C10H20NO4.BrH/c1-8(12)15-9(6-10(13)14-5)7-11(2,3)4;/h9H,6-7H2,1-5H3;1H/q+1;/p-1/t9-;/m0./s1. The Morgan fingerprint density at radius 2 is 1.75 bits per heavy atom. The largest absolute Gasteiger partial charge is 1.00 e. The van der Waals surface area contributed by atoms with Crippen molar-refractivity contribution in [3.63, 3.8) is 0 Å². The van der Waals surface area contributed by atoms with Crippen LogP contribution in [0.1, 0.15) is 13.3 Å². The molecule has 0 bridgehead atoms. The van der Waals surface area contributed by atoms with Crippen molar-refractivity contribution < 1.29 is 40.5 Å². The van der Waals surface area contributed by atoms with E-state index in [0.717, 1.165) is 0 Å². The molecule has 0 aliphatic carbocycles. The number of carbonyl (C=O) groups excluding carboxylic acids is 2. The molecule has 0 saturated carbocycles. The molecule has 0 amide bonds. The van der Waals surface area contributed by atoms with Gasteiger partial charge < -0.3 is 30.9 Å². The highest BCUT2D eigenvalue weighted by Gasteiger charge is 2.24. The predicted octanol–water partition coefficient (Wildman–Crippen LogP) is -2.81. The highest BCUT2D eigenvalue weighted by molar-refractivity contribution is 5.71. The van der Waals surface area contributed by atoms with E-state index in [1.165, 1.54) is 14.0 Å². The van der Waals surface area contributed by atoms with E-state index in [0.29, 0.717) is 11.0 Å². The normalized spacial score (nSPS) is 12.3. The number of hydrogen-bond donors (Lipinski definition) is 0. The van der Waals surface area contributed by atoms with Crippen molar-refractivity contribution in [2.75, 3.05) is 34.8 Å². The lowest BCUT2D eigenvalue weighted by Gasteiger charge is -2.28. The van der Waals surface area contributed by atoms with Gasteiger partial charge in [0.1, 0.15) is 6.54 Å². The topological polar surface area (TPSA) is 52.6 Å². The first kappa shape index (κ1) is 17.8. The molecule has 0 aromatic rings. The van der Waals surface area contributed by atoms with Gasteiger partial charge in [0.05, 0.1) is 34.7 Å². The molecule has 0 heterocycles. The van der Waals surface area contributed by atoms with E-state index in [2.05, 4.69) is 4.74 Å². The van der Waals surface area contributed by atoms with Gasteiger partial charge in [-0.3, -0.25) is 9.59 Å².